The van der Waals surface area contributed by atoms with Crippen LogP contribution < -0.4 is 5.32 Å². The lowest BCUT2D eigenvalue weighted by atomic mass is 10.0. The first-order chi connectivity index (χ1) is 8.00. The van der Waals surface area contributed by atoms with Crippen molar-refractivity contribution in [2.75, 3.05) is 6.61 Å². The maximum absolute atomic E-state index is 12.4. The summed E-state index contributed by atoms with van der Waals surface area (Å²) >= 11 is 0. The van der Waals surface area contributed by atoms with Gasteiger partial charge in [-0.1, -0.05) is 13.8 Å². The van der Waals surface area contributed by atoms with Crippen molar-refractivity contribution in [3.05, 3.63) is 0 Å². The Balaban J connectivity index is 2.07. The molecule has 0 bridgehead atoms. The van der Waals surface area contributed by atoms with E-state index >= 15 is 0 Å². The number of hydrogen-bond acceptors (Lipinski definition) is 3. The zero-order valence-electron chi connectivity index (χ0n) is 11.3. The van der Waals surface area contributed by atoms with E-state index in [0.29, 0.717) is 12.0 Å². The second-order valence-electron chi connectivity index (χ2n) is 5.67. The Labute approximate surface area is 104 Å². The van der Waals surface area contributed by atoms with Crippen molar-refractivity contribution in [1.29, 1.82) is 0 Å². The minimum Gasteiger partial charge on any atom is -0.378 e. The van der Waals surface area contributed by atoms with Crippen LogP contribution in [0.4, 0.5) is 0 Å². The molecule has 4 nitrogen and oxygen atoms in total. The fraction of sp³-hybridized carbons (Fsp3) is 0.923. The van der Waals surface area contributed by atoms with Crippen molar-refractivity contribution in [1.82, 2.24) is 10.2 Å². The van der Waals surface area contributed by atoms with Crippen LogP contribution in [0.2, 0.25) is 0 Å². The Hall–Kier alpha value is -0.610. The molecule has 4 atom stereocenters. The molecule has 0 saturated carbocycles. The maximum atomic E-state index is 12.4. The Morgan fingerprint density at radius 2 is 2.12 bits per heavy atom. The Kier molecular flexibility index (Phi) is 3.73. The van der Waals surface area contributed by atoms with Crippen molar-refractivity contribution < 1.29 is 9.53 Å². The third-order valence-electron chi connectivity index (χ3n) is 3.88. The van der Waals surface area contributed by atoms with Crippen LogP contribution in [0.25, 0.3) is 0 Å². The summed E-state index contributed by atoms with van der Waals surface area (Å²) in [6.45, 7) is 9.14. The van der Waals surface area contributed by atoms with Crippen LogP contribution in [0, 0.1) is 5.92 Å². The Morgan fingerprint density at radius 3 is 2.65 bits per heavy atom. The van der Waals surface area contributed by atoms with E-state index in [-0.39, 0.29) is 24.2 Å². The molecule has 2 rings (SSSR count). The fourth-order valence-corrected chi connectivity index (χ4v) is 2.96. The summed E-state index contributed by atoms with van der Waals surface area (Å²) in [5, 5.41) is 3.40. The highest BCUT2D eigenvalue weighted by atomic mass is 16.5. The van der Waals surface area contributed by atoms with Gasteiger partial charge in [-0.3, -0.25) is 10.1 Å². The van der Waals surface area contributed by atoms with E-state index in [1.54, 1.807) is 0 Å². The molecule has 0 aromatic rings. The molecule has 1 amide bonds. The van der Waals surface area contributed by atoms with E-state index in [1.807, 2.05) is 4.90 Å². The number of carbonyl (C=O) groups is 1. The molecule has 0 radical (unpaired) electrons. The van der Waals surface area contributed by atoms with Gasteiger partial charge in [-0.15, -0.1) is 0 Å². The van der Waals surface area contributed by atoms with Crippen LogP contribution in [-0.2, 0) is 9.53 Å². The second kappa shape index (κ2) is 4.94. The number of amides is 1. The van der Waals surface area contributed by atoms with Crippen LogP contribution in [0.5, 0.6) is 0 Å². The third kappa shape index (κ3) is 2.47. The molecule has 0 aromatic carbocycles. The van der Waals surface area contributed by atoms with Gasteiger partial charge < -0.3 is 9.64 Å². The number of nitrogens with zero attached hydrogens (tertiary/aromatic N) is 1. The van der Waals surface area contributed by atoms with Gasteiger partial charge in [-0.2, -0.15) is 0 Å². The van der Waals surface area contributed by atoms with Crippen molar-refractivity contribution in [2.45, 2.75) is 64.9 Å². The molecule has 2 saturated heterocycles. The first-order valence-electron chi connectivity index (χ1n) is 6.70. The molecule has 0 aliphatic carbocycles. The SMILES string of the molecule is CC1CC(N2C(=O)C(C(C)C)NC2C)CCO1. The summed E-state index contributed by atoms with van der Waals surface area (Å²) in [6.07, 6.45) is 2.35. The Morgan fingerprint density at radius 1 is 1.41 bits per heavy atom. The molecular formula is C13H24N2O2. The summed E-state index contributed by atoms with van der Waals surface area (Å²) in [6, 6.07) is 0.334. The third-order valence-corrected chi connectivity index (χ3v) is 3.88. The smallest absolute Gasteiger partial charge is 0.241 e. The predicted octanol–water partition coefficient (Wildman–Crippen LogP) is 1.36. The van der Waals surface area contributed by atoms with E-state index in [1.165, 1.54) is 0 Å². The van der Waals surface area contributed by atoms with Crippen LogP contribution in [0.15, 0.2) is 0 Å². The average Bonchev–Trinajstić information content (AvgIpc) is 2.54. The topological polar surface area (TPSA) is 41.6 Å². The van der Waals surface area contributed by atoms with Crippen LogP contribution in [0.3, 0.4) is 0 Å². The zero-order chi connectivity index (χ0) is 12.6. The molecule has 2 aliphatic heterocycles. The molecule has 2 fully saturated rings. The highest BCUT2D eigenvalue weighted by Gasteiger charge is 2.42. The van der Waals surface area contributed by atoms with E-state index < -0.39 is 0 Å². The van der Waals surface area contributed by atoms with Crippen molar-refractivity contribution >= 4 is 5.91 Å². The van der Waals surface area contributed by atoms with Gasteiger partial charge >= 0.3 is 0 Å². The highest BCUT2D eigenvalue weighted by Crippen LogP contribution is 2.26. The lowest BCUT2D eigenvalue weighted by Gasteiger charge is -2.36. The zero-order valence-corrected chi connectivity index (χ0v) is 11.3. The van der Waals surface area contributed by atoms with Crippen LogP contribution in [-0.4, -0.2) is 41.8 Å². The van der Waals surface area contributed by atoms with E-state index in [4.69, 9.17) is 4.74 Å². The molecule has 2 aliphatic rings. The van der Waals surface area contributed by atoms with Gasteiger partial charge in [-0.25, -0.2) is 0 Å². The van der Waals surface area contributed by atoms with Gasteiger partial charge in [0.05, 0.1) is 18.3 Å². The summed E-state index contributed by atoms with van der Waals surface area (Å²) in [5.74, 6) is 0.624. The van der Waals surface area contributed by atoms with Gasteiger partial charge in [0.15, 0.2) is 0 Å². The Bertz CT molecular complexity index is 293. The maximum Gasteiger partial charge on any atom is 0.241 e. The van der Waals surface area contributed by atoms with Gasteiger partial charge in [0.25, 0.3) is 0 Å². The highest BCUT2D eigenvalue weighted by molar-refractivity contribution is 5.84. The monoisotopic (exact) mass is 240 g/mol. The van der Waals surface area contributed by atoms with Crippen LogP contribution in [0.1, 0.15) is 40.5 Å². The number of ether oxygens (including phenoxy) is 1. The lowest BCUT2D eigenvalue weighted by molar-refractivity contribution is -0.135. The summed E-state index contributed by atoms with van der Waals surface area (Å²) in [7, 11) is 0. The standard InChI is InChI=1S/C13H24N2O2/c1-8(2)12-13(16)15(10(4)14-12)11-5-6-17-9(3)7-11/h8-12,14H,5-7H2,1-4H3. The molecule has 4 unspecified atom stereocenters. The minimum absolute atomic E-state index is 0.0110. The molecule has 4 heteroatoms. The largest absolute Gasteiger partial charge is 0.378 e. The normalized spacial score (nSPS) is 39.1. The van der Waals surface area contributed by atoms with Gasteiger partial charge in [0.1, 0.15) is 0 Å². The molecule has 1 N–H and O–H groups in total. The van der Waals surface area contributed by atoms with E-state index in [2.05, 4.69) is 33.0 Å². The molecule has 98 valence electrons. The summed E-state index contributed by atoms with van der Waals surface area (Å²) in [5.41, 5.74) is 0. The van der Waals surface area contributed by atoms with Crippen molar-refractivity contribution in [3.63, 3.8) is 0 Å². The predicted molar refractivity (Wildman–Crippen MR) is 66.5 cm³/mol. The van der Waals surface area contributed by atoms with Crippen LogP contribution >= 0.6 is 0 Å². The molecule has 2 heterocycles. The molecule has 0 aromatic heterocycles. The van der Waals surface area contributed by atoms with Gasteiger partial charge in [0, 0.05) is 12.6 Å². The van der Waals surface area contributed by atoms with Gasteiger partial charge in [0.2, 0.25) is 5.91 Å². The van der Waals surface area contributed by atoms with Crippen molar-refractivity contribution in [2.24, 2.45) is 5.92 Å². The summed E-state index contributed by atoms with van der Waals surface area (Å²) < 4.78 is 5.55. The number of rotatable bonds is 2. The number of carbonyl (C=O) groups excluding carboxylic acids is 1. The van der Waals surface area contributed by atoms with E-state index in [0.717, 1.165) is 19.4 Å². The molecular weight excluding hydrogens is 216 g/mol. The quantitative estimate of drug-likeness (QED) is 0.792. The average molecular weight is 240 g/mol. The minimum atomic E-state index is -0.0110. The second-order valence-corrected chi connectivity index (χ2v) is 5.67. The molecule has 0 spiro atoms. The first kappa shape index (κ1) is 12.8. The van der Waals surface area contributed by atoms with Gasteiger partial charge in [-0.05, 0) is 32.6 Å². The van der Waals surface area contributed by atoms with E-state index in [9.17, 15) is 4.79 Å². The summed E-state index contributed by atoms with van der Waals surface area (Å²) in [4.78, 5) is 14.4. The lowest BCUT2D eigenvalue weighted by Crippen LogP contribution is -2.47. The molecule has 17 heavy (non-hydrogen) atoms. The fourth-order valence-electron chi connectivity index (χ4n) is 2.96. The number of nitrogens with one attached hydrogen (secondary N) is 1. The number of hydrogen-bond donors (Lipinski definition) is 1. The van der Waals surface area contributed by atoms with Crippen molar-refractivity contribution in [3.8, 4) is 0 Å². The first-order valence-corrected chi connectivity index (χ1v) is 6.70.